The summed E-state index contributed by atoms with van der Waals surface area (Å²) in [6.07, 6.45) is 8.03. The first kappa shape index (κ1) is 5.21. The van der Waals surface area contributed by atoms with E-state index in [1.807, 2.05) is 18.2 Å². The highest BCUT2D eigenvalue weighted by molar-refractivity contribution is 5.40. The molecule has 48 valence electrons. The van der Waals surface area contributed by atoms with Crippen LogP contribution in [-0.4, -0.2) is 11.6 Å². The summed E-state index contributed by atoms with van der Waals surface area (Å²) in [5, 5.41) is 0. The quantitative estimate of drug-likeness (QED) is 0.466. The van der Waals surface area contributed by atoms with Gasteiger partial charge in [0.15, 0.2) is 0 Å². The molecule has 2 aliphatic rings. The molecule has 0 aromatic heterocycles. The number of allylic oxidation sites excluding steroid dienone is 2. The Balaban J connectivity index is 2.33. The van der Waals surface area contributed by atoms with Gasteiger partial charge in [0, 0.05) is 12.0 Å². The maximum Gasteiger partial charge on any atom is 0.0581 e. The molecule has 3 unspecified atom stereocenters. The lowest BCUT2D eigenvalue weighted by molar-refractivity contribution is 0.774. The predicted molar refractivity (Wildman–Crippen MR) is 36.7 cm³/mol. The van der Waals surface area contributed by atoms with Crippen LogP contribution in [0.5, 0.6) is 0 Å². The molecular formula is C7H10N2. The second-order valence-electron chi connectivity index (χ2n) is 2.80. The van der Waals surface area contributed by atoms with E-state index in [1.165, 1.54) is 0 Å². The third-order valence-corrected chi connectivity index (χ3v) is 2.25. The minimum atomic E-state index is -0.186. The highest BCUT2D eigenvalue weighted by Crippen LogP contribution is 2.43. The Labute approximate surface area is 54.2 Å². The fourth-order valence-corrected chi connectivity index (χ4v) is 1.40. The zero-order valence-corrected chi connectivity index (χ0v) is 5.12. The molecule has 0 aromatic rings. The Bertz CT molecular complexity index is 195. The summed E-state index contributed by atoms with van der Waals surface area (Å²) in [7, 11) is 0. The van der Waals surface area contributed by atoms with Crippen LogP contribution in [0.2, 0.25) is 0 Å². The summed E-state index contributed by atoms with van der Waals surface area (Å²) in [6, 6.07) is 0.160. The summed E-state index contributed by atoms with van der Waals surface area (Å²) >= 11 is 0. The van der Waals surface area contributed by atoms with Crippen LogP contribution < -0.4 is 11.5 Å². The number of hydrogen-bond donors (Lipinski definition) is 2. The van der Waals surface area contributed by atoms with E-state index in [4.69, 9.17) is 11.5 Å². The number of fused-ring (bicyclic) bond motifs is 1. The van der Waals surface area contributed by atoms with E-state index in [-0.39, 0.29) is 11.6 Å². The van der Waals surface area contributed by atoms with E-state index < -0.39 is 0 Å². The summed E-state index contributed by atoms with van der Waals surface area (Å²) in [5.74, 6) is 0.405. The zero-order chi connectivity index (χ0) is 6.48. The van der Waals surface area contributed by atoms with Crippen molar-refractivity contribution in [2.45, 2.75) is 11.6 Å². The molecule has 9 heavy (non-hydrogen) atoms. The molecule has 0 saturated heterocycles. The van der Waals surface area contributed by atoms with Crippen LogP contribution in [0.1, 0.15) is 0 Å². The van der Waals surface area contributed by atoms with Gasteiger partial charge in [0.2, 0.25) is 0 Å². The normalized spacial score (nSPS) is 53.1. The van der Waals surface area contributed by atoms with E-state index in [1.54, 1.807) is 0 Å². The van der Waals surface area contributed by atoms with E-state index in [2.05, 4.69) is 6.08 Å². The van der Waals surface area contributed by atoms with Crippen molar-refractivity contribution >= 4 is 0 Å². The minimum absolute atomic E-state index is 0.160. The highest BCUT2D eigenvalue weighted by Gasteiger charge is 2.57. The van der Waals surface area contributed by atoms with Crippen LogP contribution in [0.25, 0.3) is 0 Å². The molecule has 0 amide bonds. The maximum absolute atomic E-state index is 5.83. The van der Waals surface area contributed by atoms with Gasteiger partial charge in [-0.25, -0.2) is 0 Å². The van der Waals surface area contributed by atoms with Gasteiger partial charge >= 0.3 is 0 Å². The molecule has 0 bridgehead atoms. The highest BCUT2D eigenvalue weighted by atomic mass is 15.0. The lowest BCUT2D eigenvalue weighted by atomic mass is 10.1. The monoisotopic (exact) mass is 122 g/mol. The molecule has 0 spiro atoms. The fourth-order valence-electron chi connectivity index (χ4n) is 1.40. The molecule has 0 radical (unpaired) electrons. The fraction of sp³-hybridized carbons (Fsp3) is 0.429. The molecule has 0 aromatic carbocycles. The first-order valence-electron chi connectivity index (χ1n) is 3.15. The number of rotatable bonds is 0. The maximum atomic E-state index is 5.83. The van der Waals surface area contributed by atoms with Crippen molar-refractivity contribution < 1.29 is 0 Å². The Morgan fingerprint density at radius 2 is 2.11 bits per heavy atom. The SMILES string of the molecule is NC1C2C=CC=CC12N. The molecule has 0 heterocycles. The Hall–Kier alpha value is -0.600. The molecule has 1 fully saturated rings. The van der Waals surface area contributed by atoms with Gasteiger partial charge in [0.1, 0.15) is 0 Å². The summed E-state index contributed by atoms with van der Waals surface area (Å²) in [4.78, 5) is 0. The van der Waals surface area contributed by atoms with Gasteiger partial charge in [0.25, 0.3) is 0 Å². The van der Waals surface area contributed by atoms with Crippen molar-refractivity contribution in [1.29, 1.82) is 0 Å². The average molecular weight is 122 g/mol. The van der Waals surface area contributed by atoms with Crippen LogP contribution in [0.15, 0.2) is 24.3 Å². The minimum Gasteiger partial charge on any atom is -0.325 e. The second-order valence-corrected chi connectivity index (χ2v) is 2.80. The van der Waals surface area contributed by atoms with Crippen molar-refractivity contribution in [3.63, 3.8) is 0 Å². The average Bonchev–Trinajstić information content (AvgIpc) is 2.38. The van der Waals surface area contributed by atoms with Gasteiger partial charge in [-0.1, -0.05) is 24.3 Å². The van der Waals surface area contributed by atoms with Crippen molar-refractivity contribution in [3.05, 3.63) is 24.3 Å². The largest absolute Gasteiger partial charge is 0.325 e. The Kier molecular flexibility index (Phi) is 0.739. The van der Waals surface area contributed by atoms with Gasteiger partial charge in [0.05, 0.1) is 5.54 Å². The molecule has 1 saturated carbocycles. The third kappa shape index (κ3) is 0.471. The van der Waals surface area contributed by atoms with Crippen molar-refractivity contribution in [2.24, 2.45) is 17.4 Å². The van der Waals surface area contributed by atoms with E-state index >= 15 is 0 Å². The topological polar surface area (TPSA) is 52.0 Å². The molecule has 0 aliphatic heterocycles. The van der Waals surface area contributed by atoms with Crippen LogP contribution >= 0.6 is 0 Å². The smallest absolute Gasteiger partial charge is 0.0581 e. The van der Waals surface area contributed by atoms with E-state index in [0.717, 1.165) is 0 Å². The summed E-state index contributed by atoms with van der Waals surface area (Å²) < 4.78 is 0. The van der Waals surface area contributed by atoms with E-state index in [9.17, 15) is 0 Å². The van der Waals surface area contributed by atoms with Crippen molar-refractivity contribution in [3.8, 4) is 0 Å². The predicted octanol–water partition coefficient (Wildman–Crippen LogP) is -0.233. The van der Waals surface area contributed by atoms with Crippen LogP contribution in [-0.2, 0) is 0 Å². The van der Waals surface area contributed by atoms with Gasteiger partial charge < -0.3 is 11.5 Å². The Morgan fingerprint density at radius 3 is 2.56 bits per heavy atom. The standard InChI is InChI=1S/C7H10N2/c8-6-5-3-1-2-4-7(5,6)9/h1-6H,8-9H2. The third-order valence-electron chi connectivity index (χ3n) is 2.25. The second kappa shape index (κ2) is 1.28. The van der Waals surface area contributed by atoms with Crippen LogP contribution in [0.3, 0.4) is 0 Å². The lowest BCUT2D eigenvalue weighted by Gasteiger charge is -2.03. The first-order chi connectivity index (χ1) is 4.25. The Morgan fingerprint density at radius 1 is 1.33 bits per heavy atom. The van der Waals surface area contributed by atoms with Crippen LogP contribution in [0.4, 0.5) is 0 Å². The van der Waals surface area contributed by atoms with Crippen LogP contribution in [0, 0.1) is 5.92 Å². The summed E-state index contributed by atoms with van der Waals surface area (Å²) in [5.41, 5.74) is 11.3. The molecule has 2 rings (SSSR count). The molecule has 2 aliphatic carbocycles. The van der Waals surface area contributed by atoms with Gasteiger partial charge in [-0.2, -0.15) is 0 Å². The number of nitrogens with two attached hydrogens (primary N) is 2. The first-order valence-corrected chi connectivity index (χ1v) is 3.15. The molecule has 2 heteroatoms. The van der Waals surface area contributed by atoms with Crippen molar-refractivity contribution in [2.75, 3.05) is 0 Å². The molecule has 4 N–H and O–H groups in total. The number of hydrogen-bond acceptors (Lipinski definition) is 2. The van der Waals surface area contributed by atoms with Gasteiger partial charge in [-0.3, -0.25) is 0 Å². The molecule has 2 nitrogen and oxygen atoms in total. The van der Waals surface area contributed by atoms with Gasteiger partial charge in [-0.15, -0.1) is 0 Å². The summed E-state index contributed by atoms with van der Waals surface area (Å²) in [6.45, 7) is 0. The van der Waals surface area contributed by atoms with Gasteiger partial charge in [-0.05, 0) is 0 Å². The zero-order valence-electron chi connectivity index (χ0n) is 5.12. The molecular weight excluding hydrogens is 112 g/mol. The van der Waals surface area contributed by atoms with Crippen molar-refractivity contribution in [1.82, 2.24) is 0 Å². The lowest BCUT2D eigenvalue weighted by Crippen LogP contribution is -2.28. The van der Waals surface area contributed by atoms with E-state index in [0.29, 0.717) is 5.92 Å². The molecule has 3 atom stereocenters.